The van der Waals surface area contributed by atoms with Crippen LogP contribution in [0.1, 0.15) is 127 Å². The molecule has 12 rings (SSSR count). The predicted octanol–water partition coefficient (Wildman–Crippen LogP) is 8.67. The van der Waals surface area contributed by atoms with Gasteiger partial charge < -0.3 is 74.7 Å². The van der Waals surface area contributed by atoms with E-state index in [1.807, 2.05) is 62.1 Å². The zero-order valence-electron chi connectivity index (χ0n) is 53.8. The number of carboxylic acids is 1. The fraction of sp³-hybridized carbons (Fsp3) is 0.530. The van der Waals surface area contributed by atoms with Gasteiger partial charge in [-0.2, -0.15) is 27.0 Å². The van der Waals surface area contributed by atoms with Gasteiger partial charge in [0.15, 0.2) is 30.1 Å². The van der Waals surface area contributed by atoms with Crippen molar-refractivity contribution in [2.45, 2.75) is 141 Å². The van der Waals surface area contributed by atoms with Gasteiger partial charge in [-0.3, -0.25) is 14.6 Å². The van der Waals surface area contributed by atoms with Crippen LogP contribution in [0.4, 0.5) is 28.1 Å². The number of aliphatic hydroxyl groups is 2. The number of carbonyl (C=O) groups is 3. The van der Waals surface area contributed by atoms with Gasteiger partial charge in [-0.05, 0) is 137 Å². The minimum Gasteiger partial charge on any atom is -0.484 e. The second kappa shape index (κ2) is 34.9. The summed E-state index contributed by atoms with van der Waals surface area (Å²) < 4.78 is 27.4. The predicted molar refractivity (Wildman–Crippen MR) is 371 cm³/mol. The number of nitrogens with zero attached hydrogens (tertiary/aromatic N) is 9. The van der Waals surface area contributed by atoms with Crippen molar-refractivity contribution in [1.82, 2.24) is 40.0 Å². The average Bonchev–Trinajstić information content (AvgIpc) is 1.15. The maximum Gasteiger partial charge on any atom is 0.410 e. The zero-order chi connectivity index (χ0) is 64.7. The Morgan fingerprint density at radius 1 is 0.691 bits per heavy atom. The summed E-state index contributed by atoms with van der Waals surface area (Å²) in [5, 5.41) is 41.5. The van der Waals surface area contributed by atoms with E-state index in [4.69, 9.17) is 57.0 Å². The number of anilines is 4. The number of hydrogen-bond donors (Lipinski definition) is 7. The fourth-order valence-corrected chi connectivity index (χ4v) is 12.3. The number of carboxylic acid groups (broad SMARTS) is 1. The first-order valence-corrected chi connectivity index (χ1v) is 32.8. The Hall–Kier alpha value is -6.59. The lowest BCUT2D eigenvalue weighted by Gasteiger charge is -2.36. The molecule has 0 bridgehead atoms. The molecule has 0 unspecified atom stereocenters. The Morgan fingerprint density at radius 2 is 1.18 bits per heavy atom. The van der Waals surface area contributed by atoms with Crippen LogP contribution in [-0.2, 0) is 43.9 Å². The van der Waals surface area contributed by atoms with E-state index in [2.05, 4.69) is 45.6 Å². The highest BCUT2D eigenvalue weighted by Gasteiger charge is 2.30. The van der Waals surface area contributed by atoms with Gasteiger partial charge in [0.1, 0.15) is 53.6 Å². The van der Waals surface area contributed by atoms with E-state index >= 15 is 0 Å². The highest BCUT2D eigenvalue weighted by molar-refractivity contribution is 7.59. The van der Waals surface area contributed by atoms with Crippen LogP contribution in [0, 0.1) is 0 Å². The Balaban J connectivity index is 0.000000190. The molecule has 0 radical (unpaired) electrons. The van der Waals surface area contributed by atoms with Gasteiger partial charge in [0, 0.05) is 122 Å². The average molecular weight is 1380 g/mol. The number of halogens is 2. The molecule has 2 atom stereocenters. The lowest BCUT2D eigenvalue weighted by molar-refractivity contribution is 0.0240. The molecule has 24 nitrogen and oxygen atoms in total. The van der Waals surface area contributed by atoms with E-state index in [1.165, 1.54) is 25.6 Å². The number of nitrogens with two attached hydrogens (primary N) is 1. The summed E-state index contributed by atoms with van der Waals surface area (Å²) in [4.78, 5) is 64.5. The summed E-state index contributed by atoms with van der Waals surface area (Å²) in [5.41, 5.74) is 10.3. The first-order chi connectivity index (χ1) is 44.4. The number of nitrogens with one attached hydrogen (secondary N) is 3. The molecular weight excluding hydrogens is 1290 g/mol. The van der Waals surface area contributed by atoms with E-state index in [-0.39, 0.29) is 64.0 Å². The summed E-state index contributed by atoms with van der Waals surface area (Å²) in [6, 6.07) is 15.6. The smallest absolute Gasteiger partial charge is 0.410 e. The molecule has 4 fully saturated rings. The topological polar surface area (TPSA) is 296 Å². The minimum absolute atomic E-state index is 0. The highest BCUT2D eigenvalue weighted by atomic mass is 35.5. The summed E-state index contributed by atoms with van der Waals surface area (Å²) in [7, 11) is 0. The zero-order valence-corrected chi connectivity index (χ0v) is 57.3. The number of amides is 1. The number of benzene rings is 2. The number of carbonyl (C=O) groups excluding carboxylic acids is 2. The maximum atomic E-state index is 13.3. The number of fused-ring (bicyclic) bond motifs is 2. The van der Waals surface area contributed by atoms with Crippen molar-refractivity contribution in [1.29, 1.82) is 0 Å². The van der Waals surface area contributed by atoms with Crippen molar-refractivity contribution >= 4 is 91.3 Å². The summed E-state index contributed by atoms with van der Waals surface area (Å²) >= 11 is 13.2. The molecule has 6 aliphatic rings. The molecule has 2 saturated carbocycles. The summed E-state index contributed by atoms with van der Waals surface area (Å²) in [6.45, 7) is 16.3. The van der Waals surface area contributed by atoms with Gasteiger partial charge in [-0.15, -0.1) is 0 Å². The molecular formula is C66H91Cl2N13O11S2. The van der Waals surface area contributed by atoms with Gasteiger partial charge >= 0.3 is 12.1 Å². The normalized spacial score (nSPS) is 17.3. The van der Waals surface area contributed by atoms with Crippen LogP contribution in [0.2, 0.25) is 10.0 Å². The van der Waals surface area contributed by atoms with Gasteiger partial charge in [0.25, 0.3) is 0 Å². The first kappa shape index (κ1) is 73.2. The molecule has 4 aromatic heterocycles. The number of aliphatic hydroxyl groups excluding tert-OH is 2. The van der Waals surface area contributed by atoms with E-state index in [1.54, 1.807) is 29.4 Å². The number of piperazine rings is 2. The van der Waals surface area contributed by atoms with E-state index in [9.17, 15) is 29.7 Å². The second-order valence-electron chi connectivity index (χ2n) is 25.3. The quantitative estimate of drug-likeness (QED) is 0.0313. The van der Waals surface area contributed by atoms with Crippen LogP contribution < -0.4 is 41.0 Å². The van der Waals surface area contributed by atoms with E-state index in [0.717, 1.165) is 118 Å². The molecule has 8 N–H and O–H groups in total. The summed E-state index contributed by atoms with van der Waals surface area (Å²) in [5.74, 6) is 4.49. The Kier molecular flexibility index (Phi) is 27.2. The molecule has 4 aliphatic heterocycles. The van der Waals surface area contributed by atoms with Crippen molar-refractivity contribution in [3.8, 4) is 11.5 Å². The number of ketones is 1. The first-order valence-electron chi connectivity index (χ1n) is 32.0. The number of ether oxygens (including phenoxy) is 3. The Morgan fingerprint density at radius 3 is 1.64 bits per heavy atom. The van der Waals surface area contributed by atoms with Gasteiger partial charge in [0.05, 0.1) is 40.2 Å². The molecule has 0 spiro atoms. The third-order valence-electron chi connectivity index (χ3n) is 17.2. The molecule has 28 heteroatoms. The SMILES string of the molecule is CC(C)(C)OC(=O)N1CCN(c2cc(C(=O)O)cc(NC3CCC3)n2)CC1.NC[C@H](O)CN1CCc2c(ccc(OCc3cnco3)c2Cl)C1.O=C(CC[C@H](O)CN1CCc2c(ccc(OCc3cnco3)c2Cl)C1)c1cc(NC2CCC2)nc(N2CCNCC2)c1.S.S. The van der Waals surface area contributed by atoms with Crippen LogP contribution in [0.15, 0.2) is 82.5 Å². The van der Waals surface area contributed by atoms with Crippen molar-refractivity contribution in [2.75, 3.05) is 106 Å². The van der Waals surface area contributed by atoms with Crippen LogP contribution in [0.3, 0.4) is 0 Å². The third kappa shape index (κ3) is 20.7. The van der Waals surface area contributed by atoms with E-state index < -0.39 is 23.8 Å². The molecule has 94 heavy (non-hydrogen) atoms. The van der Waals surface area contributed by atoms with Gasteiger partial charge in [-0.1, -0.05) is 35.3 Å². The molecule has 6 aromatic rings. The molecule has 8 heterocycles. The van der Waals surface area contributed by atoms with Gasteiger partial charge in [-0.25, -0.2) is 29.5 Å². The van der Waals surface area contributed by atoms with Crippen molar-refractivity contribution in [2.24, 2.45) is 5.73 Å². The number of aromatic nitrogens is 4. The molecule has 2 saturated heterocycles. The Bertz CT molecular complexity index is 3400. The monoisotopic (exact) mass is 1380 g/mol. The lowest BCUT2D eigenvalue weighted by Crippen LogP contribution is -2.50. The van der Waals surface area contributed by atoms with Crippen LogP contribution >= 0.6 is 50.2 Å². The number of rotatable bonds is 22. The molecule has 1 amide bonds. The van der Waals surface area contributed by atoms with Crippen molar-refractivity contribution < 1.29 is 52.7 Å². The summed E-state index contributed by atoms with van der Waals surface area (Å²) in [6.07, 6.45) is 13.7. The van der Waals surface area contributed by atoms with Crippen LogP contribution in [-0.4, -0.2) is 183 Å². The number of pyridine rings is 2. The number of oxazole rings is 2. The molecule has 2 aliphatic carbocycles. The van der Waals surface area contributed by atoms with Crippen molar-refractivity contribution in [3.63, 3.8) is 0 Å². The fourth-order valence-electron chi connectivity index (χ4n) is 11.6. The maximum absolute atomic E-state index is 13.3. The van der Waals surface area contributed by atoms with Crippen LogP contribution in [0.25, 0.3) is 0 Å². The third-order valence-corrected chi connectivity index (χ3v) is 18.0. The number of aromatic carboxylic acids is 1. The number of hydrogen-bond acceptors (Lipinski definition) is 22. The standard InChI is InChI=1S/C31H39ClN6O4.C19H28N4O4.C16H20ClN3O3.2H2S/c32-31-26-8-11-37(17-21(26)4-7-28(31)41-19-25-16-34-20-42-25)18-24(39)5-6-27(40)22-14-29(35-23-2-1-3-23)36-30(15-22)38-12-9-33-10-13-38;1-19(2,3)27-18(26)23-9-7-22(8-10-23)16-12-13(17(24)25)11-15(21-16)20-14-5-4-6-14;17-16-14-3-4-20(8-12(21)5-18)7-11(14)1-2-15(16)22-9-13-6-19-10-23-13;;/h4,7,14-16,20,23-24,33,39H,1-3,5-6,8-13,17-19H2,(H,35,36);11-12,14H,4-10H2,1-3H3,(H,20,21)(H,24,25);1-2,6,10,12,21H,3-5,7-9,18H2;2*1H2/t24-;;12-;;/m0.0../s1. The minimum atomic E-state index is -0.970. The lowest BCUT2D eigenvalue weighted by atomic mass is 9.93. The highest BCUT2D eigenvalue weighted by Crippen LogP contribution is 2.37. The van der Waals surface area contributed by atoms with Crippen molar-refractivity contribution in [3.05, 3.63) is 129 Å². The Labute approximate surface area is 573 Å². The second-order valence-corrected chi connectivity index (χ2v) is 26.0. The van der Waals surface area contributed by atoms with E-state index in [0.29, 0.717) is 121 Å². The largest absolute Gasteiger partial charge is 0.484 e. The van der Waals surface area contributed by atoms with Crippen LogP contribution in [0.5, 0.6) is 11.5 Å². The number of β-amino-alcohol motifs (C(OH)–C–C–N with tert-alkyl or cyclic N) is 2. The molecule has 2 aromatic carbocycles. The molecule has 512 valence electrons. The number of Topliss-reactive ketones (excluding diaryl/α,β-unsaturated/α-hetero) is 1. The van der Waals surface area contributed by atoms with Gasteiger partial charge in [0.2, 0.25) is 0 Å².